The standard InChI is InChI=1S/C24H20BrN3O4/c25-20-13-7-12-19(14-20)24(31)26-15-22(30)32-16-21(29)27-28-23(17-8-3-1-4-9-17)18-10-5-2-6-11-18/h1-14H,15-16H2,(H,26,31)(H,27,29). The highest BCUT2D eigenvalue weighted by Gasteiger charge is 2.12. The molecule has 3 rings (SSSR count). The average Bonchev–Trinajstić information content (AvgIpc) is 2.82. The fraction of sp³-hybridized carbons (Fsp3) is 0.0833. The van der Waals surface area contributed by atoms with E-state index in [1.54, 1.807) is 24.3 Å². The fourth-order valence-electron chi connectivity index (χ4n) is 2.72. The molecule has 0 atom stereocenters. The van der Waals surface area contributed by atoms with Gasteiger partial charge in [0, 0.05) is 21.2 Å². The van der Waals surface area contributed by atoms with E-state index in [9.17, 15) is 14.4 Å². The first-order valence-corrected chi connectivity index (χ1v) is 10.5. The molecular weight excluding hydrogens is 474 g/mol. The third-order valence-electron chi connectivity index (χ3n) is 4.23. The molecule has 0 spiro atoms. The first-order valence-electron chi connectivity index (χ1n) is 9.69. The van der Waals surface area contributed by atoms with Gasteiger partial charge < -0.3 is 10.1 Å². The molecule has 0 saturated heterocycles. The van der Waals surface area contributed by atoms with E-state index in [1.807, 2.05) is 60.7 Å². The number of nitrogens with zero attached hydrogens (tertiary/aromatic N) is 1. The van der Waals surface area contributed by atoms with Crippen molar-refractivity contribution in [3.05, 3.63) is 106 Å². The SMILES string of the molecule is O=C(COC(=O)CNC(=O)c1cccc(Br)c1)NN=C(c1ccccc1)c1ccccc1. The molecule has 0 heterocycles. The summed E-state index contributed by atoms with van der Waals surface area (Å²) >= 11 is 3.28. The molecule has 0 aliphatic carbocycles. The highest BCUT2D eigenvalue weighted by Crippen LogP contribution is 2.12. The van der Waals surface area contributed by atoms with Crippen molar-refractivity contribution < 1.29 is 19.1 Å². The summed E-state index contributed by atoms with van der Waals surface area (Å²) < 4.78 is 5.66. The molecule has 0 saturated carbocycles. The predicted molar refractivity (Wildman–Crippen MR) is 124 cm³/mol. The largest absolute Gasteiger partial charge is 0.454 e. The van der Waals surface area contributed by atoms with Gasteiger partial charge in [0.1, 0.15) is 6.54 Å². The molecule has 0 aliphatic heterocycles. The van der Waals surface area contributed by atoms with Crippen LogP contribution >= 0.6 is 15.9 Å². The van der Waals surface area contributed by atoms with Crippen LogP contribution in [0.3, 0.4) is 0 Å². The highest BCUT2D eigenvalue weighted by molar-refractivity contribution is 9.10. The minimum Gasteiger partial charge on any atom is -0.454 e. The van der Waals surface area contributed by atoms with E-state index in [-0.39, 0.29) is 6.54 Å². The first-order chi connectivity index (χ1) is 15.5. The maximum atomic E-state index is 12.1. The molecule has 0 fully saturated rings. The van der Waals surface area contributed by atoms with Crippen molar-refractivity contribution in [2.24, 2.45) is 5.10 Å². The summed E-state index contributed by atoms with van der Waals surface area (Å²) in [5, 5.41) is 6.67. The monoisotopic (exact) mass is 493 g/mol. The van der Waals surface area contributed by atoms with Crippen LogP contribution in [0.15, 0.2) is 94.5 Å². The fourth-order valence-corrected chi connectivity index (χ4v) is 3.12. The van der Waals surface area contributed by atoms with Crippen molar-refractivity contribution in [2.45, 2.75) is 0 Å². The average molecular weight is 494 g/mol. The van der Waals surface area contributed by atoms with Crippen molar-refractivity contribution in [2.75, 3.05) is 13.2 Å². The van der Waals surface area contributed by atoms with Gasteiger partial charge in [0.05, 0.1) is 5.71 Å². The number of amides is 2. The number of ether oxygens (including phenoxy) is 1. The number of halogens is 1. The summed E-state index contributed by atoms with van der Waals surface area (Å²) in [6, 6.07) is 25.5. The lowest BCUT2D eigenvalue weighted by molar-refractivity contribution is -0.147. The maximum Gasteiger partial charge on any atom is 0.325 e. The quantitative estimate of drug-likeness (QED) is 0.285. The smallest absolute Gasteiger partial charge is 0.325 e. The zero-order valence-electron chi connectivity index (χ0n) is 17.0. The minimum absolute atomic E-state index is 0.360. The Balaban J connectivity index is 1.52. The van der Waals surface area contributed by atoms with Crippen molar-refractivity contribution >= 4 is 39.4 Å². The molecule has 32 heavy (non-hydrogen) atoms. The van der Waals surface area contributed by atoms with Gasteiger partial charge in [-0.2, -0.15) is 5.10 Å². The molecule has 0 bridgehead atoms. The predicted octanol–water partition coefficient (Wildman–Crippen LogP) is 3.29. The first kappa shape index (κ1) is 22.9. The highest BCUT2D eigenvalue weighted by atomic mass is 79.9. The second-order valence-electron chi connectivity index (χ2n) is 6.58. The van der Waals surface area contributed by atoms with Crippen LogP contribution in [0.25, 0.3) is 0 Å². The summed E-state index contributed by atoms with van der Waals surface area (Å²) in [6.45, 7) is -0.882. The molecule has 0 aromatic heterocycles. The molecule has 2 amide bonds. The molecular formula is C24H20BrN3O4. The zero-order chi connectivity index (χ0) is 22.8. The molecule has 8 heteroatoms. The van der Waals surface area contributed by atoms with Gasteiger partial charge in [-0.25, -0.2) is 5.43 Å². The molecule has 3 aromatic carbocycles. The van der Waals surface area contributed by atoms with Gasteiger partial charge in [-0.15, -0.1) is 0 Å². The topological polar surface area (TPSA) is 96.9 Å². The van der Waals surface area contributed by atoms with Gasteiger partial charge in [-0.1, -0.05) is 82.7 Å². The number of esters is 1. The van der Waals surface area contributed by atoms with E-state index in [4.69, 9.17) is 4.74 Å². The summed E-state index contributed by atoms with van der Waals surface area (Å²) in [7, 11) is 0. The Hall–Kier alpha value is -3.78. The van der Waals surface area contributed by atoms with E-state index < -0.39 is 24.4 Å². The summed E-state index contributed by atoms with van der Waals surface area (Å²) in [4.78, 5) is 36.0. The van der Waals surface area contributed by atoms with Gasteiger partial charge in [0.25, 0.3) is 11.8 Å². The Labute approximate surface area is 193 Å². The van der Waals surface area contributed by atoms with Gasteiger partial charge in [0.2, 0.25) is 0 Å². The number of rotatable bonds is 8. The number of hydrazone groups is 1. The molecule has 7 nitrogen and oxygen atoms in total. The lowest BCUT2D eigenvalue weighted by atomic mass is 10.0. The number of hydrogen-bond donors (Lipinski definition) is 2. The van der Waals surface area contributed by atoms with Crippen molar-refractivity contribution in [3.63, 3.8) is 0 Å². The number of hydrogen-bond acceptors (Lipinski definition) is 5. The second-order valence-corrected chi connectivity index (χ2v) is 7.50. The second kappa shape index (κ2) is 11.6. The zero-order valence-corrected chi connectivity index (χ0v) is 18.5. The lowest BCUT2D eigenvalue weighted by Crippen LogP contribution is -2.33. The van der Waals surface area contributed by atoms with Gasteiger partial charge in [-0.05, 0) is 18.2 Å². The number of carbonyl (C=O) groups is 3. The normalized spacial score (nSPS) is 10.0. The summed E-state index contributed by atoms with van der Waals surface area (Å²) in [5.41, 5.74) is 5.03. The Morgan fingerprint density at radius 3 is 2.00 bits per heavy atom. The van der Waals surface area contributed by atoms with Crippen LogP contribution in [0.4, 0.5) is 0 Å². The van der Waals surface area contributed by atoms with Crippen LogP contribution < -0.4 is 10.7 Å². The van der Waals surface area contributed by atoms with Crippen molar-refractivity contribution in [1.82, 2.24) is 10.7 Å². The Kier molecular flexibility index (Phi) is 8.28. The van der Waals surface area contributed by atoms with Crippen LogP contribution in [-0.2, 0) is 14.3 Å². The van der Waals surface area contributed by atoms with Gasteiger partial charge >= 0.3 is 5.97 Å². The Morgan fingerprint density at radius 1 is 0.812 bits per heavy atom. The third-order valence-corrected chi connectivity index (χ3v) is 4.72. The number of benzene rings is 3. The Morgan fingerprint density at radius 2 is 1.41 bits per heavy atom. The molecule has 3 aromatic rings. The van der Waals surface area contributed by atoms with Gasteiger partial charge in [0.15, 0.2) is 6.61 Å². The van der Waals surface area contributed by atoms with E-state index in [0.29, 0.717) is 11.3 Å². The van der Waals surface area contributed by atoms with Crippen LogP contribution in [0.5, 0.6) is 0 Å². The van der Waals surface area contributed by atoms with E-state index in [2.05, 4.69) is 31.8 Å². The lowest BCUT2D eigenvalue weighted by Gasteiger charge is -2.09. The molecule has 0 unspecified atom stereocenters. The summed E-state index contributed by atoms with van der Waals surface area (Å²) in [5.74, 6) is -1.76. The number of carbonyl (C=O) groups excluding carboxylic acids is 3. The molecule has 0 aliphatic rings. The third kappa shape index (κ3) is 6.88. The van der Waals surface area contributed by atoms with Crippen LogP contribution in [-0.4, -0.2) is 36.6 Å². The van der Waals surface area contributed by atoms with Crippen LogP contribution in [0.1, 0.15) is 21.5 Å². The van der Waals surface area contributed by atoms with E-state index >= 15 is 0 Å². The number of nitrogens with one attached hydrogen (secondary N) is 2. The Bertz CT molecular complexity index is 1080. The minimum atomic E-state index is -0.737. The van der Waals surface area contributed by atoms with Crippen LogP contribution in [0, 0.1) is 0 Å². The molecule has 162 valence electrons. The summed E-state index contributed by atoms with van der Waals surface area (Å²) in [6.07, 6.45) is 0. The molecule has 0 radical (unpaired) electrons. The maximum absolute atomic E-state index is 12.1. The van der Waals surface area contributed by atoms with Gasteiger partial charge in [-0.3, -0.25) is 14.4 Å². The van der Waals surface area contributed by atoms with E-state index in [0.717, 1.165) is 15.6 Å². The van der Waals surface area contributed by atoms with Crippen molar-refractivity contribution in [1.29, 1.82) is 0 Å². The molecule has 2 N–H and O–H groups in total. The van der Waals surface area contributed by atoms with Crippen molar-refractivity contribution in [3.8, 4) is 0 Å². The van der Waals surface area contributed by atoms with Crippen LogP contribution in [0.2, 0.25) is 0 Å². The van der Waals surface area contributed by atoms with E-state index in [1.165, 1.54) is 0 Å².